The van der Waals surface area contributed by atoms with Crippen molar-refractivity contribution in [1.29, 1.82) is 0 Å². The minimum atomic E-state index is 0.0335. The highest BCUT2D eigenvalue weighted by molar-refractivity contribution is 5.82. The Hall–Kier alpha value is -1.38. The van der Waals surface area contributed by atoms with Crippen LogP contribution in [0.4, 0.5) is 0 Å². The summed E-state index contributed by atoms with van der Waals surface area (Å²) in [5, 5.41) is 3.87. The Balaban J connectivity index is 2.14. The van der Waals surface area contributed by atoms with Crippen molar-refractivity contribution in [2.24, 2.45) is 5.16 Å². The molecule has 0 aliphatic carbocycles. The number of nitrogens with zero attached hydrogens (tertiary/aromatic N) is 2. The van der Waals surface area contributed by atoms with Crippen LogP contribution in [0.5, 0.6) is 0 Å². The Kier molecular flexibility index (Phi) is 1.78. The molecule has 0 N–H and O–H groups in total. The summed E-state index contributed by atoms with van der Waals surface area (Å²) in [5.74, 6) is 0. The average Bonchev–Trinajstić information content (AvgIpc) is 2.54. The molecule has 1 unspecified atom stereocenters. The molecule has 0 amide bonds. The Labute approximate surface area is 71.1 Å². The van der Waals surface area contributed by atoms with Gasteiger partial charge in [-0.25, -0.2) is 0 Å². The lowest BCUT2D eigenvalue weighted by Crippen LogP contribution is -1.99. The summed E-state index contributed by atoms with van der Waals surface area (Å²) in [5.41, 5.74) is 1.99. The first kappa shape index (κ1) is 7.28. The quantitative estimate of drug-likeness (QED) is 0.632. The molecular formula is C9H10N2O. The highest BCUT2D eigenvalue weighted by atomic mass is 16.6. The molecule has 1 aromatic heterocycles. The van der Waals surface area contributed by atoms with Crippen molar-refractivity contribution >= 4 is 5.71 Å². The Morgan fingerprint density at radius 3 is 3.00 bits per heavy atom. The van der Waals surface area contributed by atoms with E-state index in [9.17, 15) is 0 Å². The molecule has 1 aromatic rings. The summed E-state index contributed by atoms with van der Waals surface area (Å²) < 4.78 is 0. The fourth-order valence-corrected chi connectivity index (χ4v) is 1.22. The van der Waals surface area contributed by atoms with Crippen LogP contribution in [0.3, 0.4) is 0 Å². The third-order valence-electron chi connectivity index (χ3n) is 1.83. The van der Waals surface area contributed by atoms with Gasteiger partial charge in [0.25, 0.3) is 0 Å². The van der Waals surface area contributed by atoms with Gasteiger partial charge in [0.2, 0.25) is 0 Å². The van der Waals surface area contributed by atoms with Gasteiger partial charge >= 0.3 is 0 Å². The van der Waals surface area contributed by atoms with Crippen molar-refractivity contribution in [1.82, 2.24) is 4.98 Å². The fraction of sp³-hybridized carbons (Fsp3) is 0.333. The smallest absolute Gasteiger partial charge is 0.174 e. The van der Waals surface area contributed by atoms with Crippen LogP contribution in [0.1, 0.15) is 25.1 Å². The monoisotopic (exact) mass is 162 g/mol. The molecule has 12 heavy (non-hydrogen) atoms. The molecule has 0 saturated heterocycles. The van der Waals surface area contributed by atoms with Crippen LogP contribution in [0.25, 0.3) is 0 Å². The summed E-state index contributed by atoms with van der Waals surface area (Å²) in [6.07, 6.45) is 2.66. The van der Waals surface area contributed by atoms with E-state index in [1.807, 2.05) is 25.1 Å². The molecule has 3 nitrogen and oxygen atoms in total. The summed E-state index contributed by atoms with van der Waals surface area (Å²) in [4.78, 5) is 9.37. The first-order valence-electron chi connectivity index (χ1n) is 3.96. The van der Waals surface area contributed by atoms with E-state index >= 15 is 0 Å². The van der Waals surface area contributed by atoms with Gasteiger partial charge < -0.3 is 4.84 Å². The van der Waals surface area contributed by atoms with Gasteiger partial charge in [0, 0.05) is 12.6 Å². The summed E-state index contributed by atoms with van der Waals surface area (Å²) >= 11 is 0. The normalized spacial score (nSPS) is 21.8. The van der Waals surface area contributed by atoms with Crippen molar-refractivity contribution in [3.63, 3.8) is 0 Å². The topological polar surface area (TPSA) is 34.5 Å². The predicted molar refractivity (Wildman–Crippen MR) is 45.8 cm³/mol. The molecule has 0 fully saturated rings. The van der Waals surface area contributed by atoms with E-state index in [1.165, 1.54) is 0 Å². The maximum Gasteiger partial charge on any atom is 0.174 e. The fourth-order valence-electron chi connectivity index (χ4n) is 1.22. The Bertz CT molecular complexity index is 295. The van der Waals surface area contributed by atoms with Gasteiger partial charge in [0.1, 0.15) is 0 Å². The van der Waals surface area contributed by atoms with Crippen LogP contribution in [0.15, 0.2) is 29.6 Å². The van der Waals surface area contributed by atoms with Crippen LogP contribution < -0.4 is 0 Å². The molecule has 2 heterocycles. The largest absolute Gasteiger partial charge is 0.386 e. The number of pyridine rings is 1. The first-order valence-corrected chi connectivity index (χ1v) is 3.96. The van der Waals surface area contributed by atoms with Gasteiger partial charge in [-0.2, -0.15) is 0 Å². The maximum absolute atomic E-state index is 5.18. The lowest BCUT2D eigenvalue weighted by atomic mass is 10.1. The van der Waals surface area contributed by atoms with Gasteiger partial charge in [-0.05, 0) is 19.1 Å². The standard InChI is InChI=1S/C9H10N2O/c1-7-6-9(12-11-7)8-4-2-3-5-10-8/h2-5,9H,6H2,1H3. The van der Waals surface area contributed by atoms with Crippen LogP contribution in [0, 0.1) is 0 Å². The van der Waals surface area contributed by atoms with Crippen molar-refractivity contribution in [3.8, 4) is 0 Å². The van der Waals surface area contributed by atoms with Crippen LogP contribution in [-0.2, 0) is 4.84 Å². The van der Waals surface area contributed by atoms with Gasteiger partial charge in [-0.15, -0.1) is 0 Å². The molecule has 0 aromatic carbocycles. The molecule has 2 rings (SSSR count). The van der Waals surface area contributed by atoms with Crippen LogP contribution >= 0.6 is 0 Å². The molecule has 1 aliphatic heterocycles. The summed E-state index contributed by atoms with van der Waals surface area (Å²) in [6.45, 7) is 1.96. The van der Waals surface area contributed by atoms with E-state index in [-0.39, 0.29) is 6.10 Å². The zero-order valence-corrected chi connectivity index (χ0v) is 6.90. The average molecular weight is 162 g/mol. The number of hydrogen-bond acceptors (Lipinski definition) is 3. The van der Waals surface area contributed by atoms with E-state index < -0.39 is 0 Å². The molecule has 1 atom stereocenters. The van der Waals surface area contributed by atoms with Crippen molar-refractivity contribution in [2.75, 3.05) is 0 Å². The minimum Gasteiger partial charge on any atom is -0.386 e. The Morgan fingerprint density at radius 1 is 1.50 bits per heavy atom. The van der Waals surface area contributed by atoms with Crippen LogP contribution in [0.2, 0.25) is 0 Å². The minimum absolute atomic E-state index is 0.0335. The van der Waals surface area contributed by atoms with E-state index in [0.717, 1.165) is 17.8 Å². The summed E-state index contributed by atoms with van der Waals surface area (Å²) in [7, 11) is 0. The molecule has 0 saturated carbocycles. The lowest BCUT2D eigenvalue weighted by molar-refractivity contribution is 0.0826. The molecule has 1 aliphatic rings. The summed E-state index contributed by atoms with van der Waals surface area (Å²) in [6, 6.07) is 5.81. The van der Waals surface area contributed by atoms with Gasteiger partial charge in [-0.1, -0.05) is 11.2 Å². The lowest BCUT2D eigenvalue weighted by Gasteiger charge is -2.05. The molecule has 62 valence electrons. The third kappa shape index (κ3) is 1.30. The predicted octanol–water partition coefficient (Wildman–Crippen LogP) is 1.92. The Morgan fingerprint density at radius 2 is 2.42 bits per heavy atom. The van der Waals surface area contributed by atoms with Crippen LogP contribution in [-0.4, -0.2) is 10.7 Å². The van der Waals surface area contributed by atoms with E-state index in [4.69, 9.17) is 4.84 Å². The van der Waals surface area contributed by atoms with E-state index in [1.54, 1.807) is 6.20 Å². The molecule has 0 radical (unpaired) electrons. The molecular weight excluding hydrogens is 152 g/mol. The van der Waals surface area contributed by atoms with Gasteiger partial charge in [0.05, 0.1) is 11.4 Å². The second-order valence-electron chi connectivity index (χ2n) is 2.88. The van der Waals surface area contributed by atoms with Crippen molar-refractivity contribution < 1.29 is 4.84 Å². The van der Waals surface area contributed by atoms with E-state index in [2.05, 4.69) is 10.1 Å². The number of oxime groups is 1. The van der Waals surface area contributed by atoms with E-state index in [0.29, 0.717) is 0 Å². The number of rotatable bonds is 1. The number of hydrogen-bond donors (Lipinski definition) is 0. The third-order valence-corrected chi connectivity index (χ3v) is 1.83. The zero-order chi connectivity index (χ0) is 8.39. The molecule has 0 spiro atoms. The van der Waals surface area contributed by atoms with Gasteiger partial charge in [0.15, 0.2) is 6.10 Å². The zero-order valence-electron chi connectivity index (χ0n) is 6.90. The second kappa shape index (κ2) is 2.93. The SMILES string of the molecule is CC1=NOC(c2ccccn2)C1. The molecule has 3 heteroatoms. The highest BCUT2D eigenvalue weighted by Gasteiger charge is 2.20. The van der Waals surface area contributed by atoms with Crippen molar-refractivity contribution in [3.05, 3.63) is 30.1 Å². The first-order chi connectivity index (χ1) is 5.86. The highest BCUT2D eigenvalue weighted by Crippen LogP contribution is 2.24. The number of aromatic nitrogens is 1. The second-order valence-corrected chi connectivity index (χ2v) is 2.88. The molecule has 0 bridgehead atoms. The van der Waals surface area contributed by atoms with Crippen molar-refractivity contribution in [2.45, 2.75) is 19.4 Å². The van der Waals surface area contributed by atoms with Gasteiger partial charge in [-0.3, -0.25) is 4.98 Å². The maximum atomic E-state index is 5.18.